The molecule has 1 N–H and O–H groups in total. The maximum Gasteiger partial charge on any atom is 0.355 e. The minimum atomic E-state index is -0.448. The Bertz CT molecular complexity index is 1170. The van der Waals surface area contributed by atoms with Crippen molar-refractivity contribution in [3.63, 3.8) is 0 Å². The Morgan fingerprint density at radius 1 is 1.06 bits per heavy atom. The number of benzene rings is 2. The van der Waals surface area contributed by atoms with Crippen molar-refractivity contribution >= 4 is 17.6 Å². The normalized spacial score (nSPS) is 10.4. The number of aromatic nitrogens is 1. The molecule has 0 fully saturated rings. The van der Waals surface area contributed by atoms with Crippen LogP contribution < -0.4 is 5.32 Å². The molecule has 0 saturated carbocycles. The summed E-state index contributed by atoms with van der Waals surface area (Å²) >= 11 is 0. The van der Waals surface area contributed by atoms with Gasteiger partial charge in [0.1, 0.15) is 11.8 Å². The van der Waals surface area contributed by atoms with Gasteiger partial charge in [-0.05, 0) is 30.5 Å². The van der Waals surface area contributed by atoms with Crippen LogP contribution in [0.1, 0.15) is 42.5 Å². The number of esters is 1. The van der Waals surface area contributed by atoms with Crippen molar-refractivity contribution in [3.8, 4) is 28.3 Å². The first kappa shape index (κ1) is 21.8. The monoisotopic (exact) mass is 415 g/mol. The molecule has 6 heteroatoms. The molecule has 31 heavy (non-hydrogen) atoms. The molecular formula is C25H25N3O3. The van der Waals surface area contributed by atoms with E-state index in [1.165, 1.54) is 6.92 Å². The van der Waals surface area contributed by atoms with Crippen LogP contribution in [0, 0.1) is 11.3 Å². The van der Waals surface area contributed by atoms with Gasteiger partial charge in [0.2, 0.25) is 5.91 Å². The third-order valence-electron chi connectivity index (χ3n) is 5.15. The molecule has 1 aromatic heterocycles. The molecule has 1 heterocycles. The van der Waals surface area contributed by atoms with Gasteiger partial charge in [-0.3, -0.25) is 4.79 Å². The molecule has 3 rings (SSSR count). The number of ether oxygens (including phenoxy) is 1. The lowest BCUT2D eigenvalue weighted by molar-refractivity contribution is -0.114. The number of hydrogen-bond acceptors (Lipinski definition) is 4. The first-order chi connectivity index (χ1) is 14.9. The molecule has 2 aromatic carbocycles. The SMILES string of the molecule is CCOC(=O)c1c(-c2ccc(-c3ccccc3NC(C)=O)cc2)c(C#N)c(CC)n1C. The Morgan fingerprint density at radius 2 is 1.71 bits per heavy atom. The molecule has 0 aliphatic carbocycles. The van der Waals surface area contributed by atoms with E-state index in [2.05, 4.69) is 11.4 Å². The molecule has 0 bridgehead atoms. The number of nitrogens with one attached hydrogen (secondary N) is 1. The Hall–Kier alpha value is -3.85. The lowest BCUT2D eigenvalue weighted by Gasteiger charge is -2.11. The van der Waals surface area contributed by atoms with Gasteiger partial charge in [-0.1, -0.05) is 49.4 Å². The van der Waals surface area contributed by atoms with Crippen molar-refractivity contribution < 1.29 is 14.3 Å². The molecule has 0 radical (unpaired) electrons. The van der Waals surface area contributed by atoms with Gasteiger partial charge < -0.3 is 14.6 Å². The smallest absolute Gasteiger partial charge is 0.355 e. The zero-order valence-corrected chi connectivity index (χ0v) is 18.2. The number of nitrogens with zero attached hydrogens (tertiary/aromatic N) is 2. The van der Waals surface area contributed by atoms with Crippen molar-refractivity contribution in [1.29, 1.82) is 5.26 Å². The Labute approximate surface area is 182 Å². The molecule has 158 valence electrons. The molecule has 0 spiro atoms. The van der Waals surface area contributed by atoms with Crippen LogP contribution in [0.5, 0.6) is 0 Å². The topological polar surface area (TPSA) is 84.1 Å². The second-order valence-corrected chi connectivity index (χ2v) is 7.09. The molecule has 0 saturated heterocycles. The van der Waals surface area contributed by atoms with Gasteiger partial charge in [0.25, 0.3) is 0 Å². The number of hydrogen-bond donors (Lipinski definition) is 1. The lowest BCUT2D eigenvalue weighted by atomic mass is 9.96. The predicted octanol–water partition coefficient (Wildman–Crippen LogP) is 4.93. The summed E-state index contributed by atoms with van der Waals surface area (Å²) < 4.78 is 7.02. The zero-order chi connectivity index (χ0) is 22.5. The summed E-state index contributed by atoms with van der Waals surface area (Å²) in [6.45, 7) is 5.44. The number of nitriles is 1. The van der Waals surface area contributed by atoms with Crippen LogP contribution in [0.2, 0.25) is 0 Å². The first-order valence-electron chi connectivity index (χ1n) is 10.2. The zero-order valence-electron chi connectivity index (χ0n) is 18.2. The summed E-state index contributed by atoms with van der Waals surface area (Å²) in [5, 5.41) is 12.7. The highest BCUT2D eigenvalue weighted by molar-refractivity contribution is 5.99. The highest BCUT2D eigenvalue weighted by Crippen LogP contribution is 2.35. The van der Waals surface area contributed by atoms with Gasteiger partial charge >= 0.3 is 5.97 Å². The number of carbonyl (C=O) groups is 2. The molecule has 0 aliphatic heterocycles. The summed E-state index contributed by atoms with van der Waals surface area (Å²) in [4.78, 5) is 24.2. The van der Waals surface area contributed by atoms with Gasteiger partial charge in [-0.2, -0.15) is 5.26 Å². The number of anilines is 1. The molecule has 0 atom stereocenters. The van der Waals surface area contributed by atoms with E-state index in [1.54, 1.807) is 18.5 Å². The summed E-state index contributed by atoms with van der Waals surface area (Å²) in [6.07, 6.45) is 0.619. The van der Waals surface area contributed by atoms with E-state index in [4.69, 9.17) is 4.74 Å². The second kappa shape index (κ2) is 9.31. The van der Waals surface area contributed by atoms with Crippen LogP contribution in [0.25, 0.3) is 22.3 Å². The van der Waals surface area contributed by atoms with Gasteiger partial charge in [0.05, 0.1) is 12.2 Å². The average Bonchev–Trinajstić information content (AvgIpc) is 3.05. The highest BCUT2D eigenvalue weighted by Gasteiger charge is 2.26. The Morgan fingerprint density at radius 3 is 2.29 bits per heavy atom. The Balaban J connectivity index is 2.13. The maximum atomic E-state index is 12.7. The van der Waals surface area contributed by atoms with E-state index in [0.29, 0.717) is 23.2 Å². The summed E-state index contributed by atoms with van der Waals surface area (Å²) in [6, 6.07) is 17.4. The Kier molecular flexibility index (Phi) is 6.56. The van der Waals surface area contributed by atoms with Crippen molar-refractivity contribution in [1.82, 2.24) is 4.57 Å². The third kappa shape index (κ3) is 4.22. The van der Waals surface area contributed by atoms with E-state index in [1.807, 2.05) is 55.5 Å². The summed E-state index contributed by atoms with van der Waals surface area (Å²) in [5.41, 5.74) is 5.52. The fraction of sp³-hybridized carbons (Fsp3) is 0.240. The van der Waals surface area contributed by atoms with E-state index in [-0.39, 0.29) is 12.5 Å². The minimum absolute atomic E-state index is 0.141. The molecular weight excluding hydrogens is 390 g/mol. The lowest BCUT2D eigenvalue weighted by Crippen LogP contribution is -2.12. The maximum absolute atomic E-state index is 12.7. The molecule has 3 aromatic rings. The molecule has 6 nitrogen and oxygen atoms in total. The van der Waals surface area contributed by atoms with E-state index < -0.39 is 5.97 Å². The quantitative estimate of drug-likeness (QED) is 0.579. The summed E-state index contributed by atoms with van der Waals surface area (Å²) in [5.74, 6) is -0.588. The van der Waals surface area contributed by atoms with Crippen LogP contribution in [0.4, 0.5) is 5.69 Å². The number of carbonyl (C=O) groups excluding carboxylic acids is 2. The fourth-order valence-corrected chi connectivity index (χ4v) is 3.84. The van der Waals surface area contributed by atoms with Gasteiger partial charge in [-0.25, -0.2) is 4.79 Å². The van der Waals surface area contributed by atoms with Gasteiger partial charge in [0, 0.05) is 36.5 Å². The minimum Gasteiger partial charge on any atom is -0.461 e. The van der Waals surface area contributed by atoms with Crippen molar-refractivity contribution in [2.24, 2.45) is 7.05 Å². The largest absolute Gasteiger partial charge is 0.461 e. The highest BCUT2D eigenvalue weighted by atomic mass is 16.5. The standard InChI is InChI=1S/C25H25N3O3/c1-5-22-20(15-26)23(24(28(22)4)25(30)31-6-2)18-13-11-17(12-14-18)19-9-7-8-10-21(19)27-16(3)29/h7-14H,5-6H2,1-4H3,(H,27,29). The average molecular weight is 415 g/mol. The van der Waals surface area contributed by atoms with Gasteiger partial charge in [0.15, 0.2) is 0 Å². The van der Waals surface area contributed by atoms with Crippen molar-refractivity contribution in [2.75, 3.05) is 11.9 Å². The second-order valence-electron chi connectivity index (χ2n) is 7.09. The van der Waals surface area contributed by atoms with Crippen molar-refractivity contribution in [3.05, 3.63) is 65.5 Å². The fourth-order valence-electron chi connectivity index (χ4n) is 3.84. The third-order valence-corrected chi connectivity index (χ3v) is 5.15. The van der Waals surface area contributed by atoms with Crippen LogP contribution >= 0.6 is 0 Å². The van der Waals surface area contributed by atoms with E-state index in [0.717, 1.165) is 28.1 Å². The number of rotatable bonds is 6. The summed E-state index contributed by atoms with van der Waals surface area (Å²) in [7, 11) is 1.79. The van der Waals surface area contributed by atoms with Crippen LogP contribution in [-0.4, -0.2) is 23.1 Å². The first-order valence-corrected chi connectivity index (χ1v) is 10.2. The number of amides is 1. The predicted molar refractivity (Wildman–Crippen MR) is 121 cm³/mol. The molecule has 1 amide bonds. The van der Waals surface area contributed by atoms with E-state index >= 15 is 0 Å². The molecule has 0 aliphatic rings. The van der Waals surface area contributed by atoms with Crippen LogP contribution in [0.15, 0.2) is 48.5 Å². The number of para-hydroxylation sites is 1. The van der Waals surface area contributed by atoms with Gasteiger partial charge in [-0.15, -0.1) is 0 Å². The van der Waals surface area contributed by atoms with Crippen molar-refractivity contribution in [2.45, 2.75) is 27.2 Å². The van der Waals surface area contributed by atoms with Crippen LogP contribution in [0.3, 0.4) is 0 Å². The van der Waals surface area contributed by atoms with Crippen LogP contribution in [-0.2, 0) is 23.0 Å². The molecule has 0 unspecified atom stereocenters. The van der Waals surface area contributed by atoms with E-state index in [9.17, 15) is 14.9 Å².